The van der Waals surface area contributed by atoms with Crippen LogP contribution in [0.15, 0.2) is 30.3 Å². The predicted molar refractivity (Wildman–Crippen MR) is 79.9 cm³/mol. The molecule has 1 rings (SSSR count). The van der Waals surface area contributed by atoms with Crippen LogP contribution in [0.4, 0.5) is 0 Å². The highest BCUT2D eigenvalue weighted by Gasteiger charge is 2.10. The molecule has 1 unspecified atom stereocenters. The van der Waals surface area contributed by atoms with Crippen LogP contribution in [0.1, 0.15) is 44.2 Å². The lowest BCUT2D eigenvalue weighted by Crippen LogP contribution is -2.31. The number of hydrogen-bond acceptors (Lipinski definition) is 2. The number of unbranched alkanes of at least 4 members (excludes halogenated alkanes) is 3. The summed E-state index contributed by atoms with van der Waals surface area (Å²) in [5.41, 5.74) is 1.39. The first kappa shape index (κ1) is 15.2. The first-order valence-corrected chi connectivity index (χ1v) is 7.17. The monoisotopic (exact) mass is 248 g/mol. The Kier molecular flexibility index (Phi) is 7.70. The van der Waals surface area contributed by atoms with Crippen molar-refractivity contribution < 1.29 is 0 Å². The molecule has 2 nitrogen and oxygen atoms in total. The highest BCUT2D eigenvalue weighted by atomic mass is 15.1. The van der Waals surface area contributed by atoms with E-state index in [0.29, 0.717) is 6.04 Å². The van der Waals surface area contributed by atoms with Gasteiger partial charge in [0.1, 0.15) is 0 Å². The third-order valence-electron chi connectivity index (χ3n) is 3.17. The van der Waals surface area contributed by atoms with E-state index < -0.39 is 0 Å². The fraction of sp³-hybridized carbons (Fsp3) is 0.625. The molecule has 1 aromatic rings. The van der Waals surface area contributed by atoms with Gasteiger partial charge >= 0.3 is 0 Å². The molecule has 0 radical (unpaired) electrons. The van der Waals surface area contributed by atoms with E-state index in [9.17, 15) is 0 Å². The van der Waals surface area contributed by atoms with Crippen molar-refractivity contribution in [3.8, 4) is 0 Å². The Hall–Kier alpha value is -0.860. The SMILES string of the molecule is CCCCCCNC(CN(C)C)c1ccccc1. The average Bonchev–Trinajstić information content (AvgIpc) is 2.38. The molecule has 0 aliphatic rings. The van der Waals surface area contributed by atoms with Crippen LogP contribution >= 0.6 is 0 Å². The Labute approximate surface area is 112 Å². The van der Waals surface area contributed by atoms with Gasteiger partial charge in [-0.25, -0.2) is 0 Å². The molecule has 0 bridgehead atoms. The van der Waals surface area contributed by atoms with Crippen LogP contribution in [0.2, 0.25) is 0 Å². The number of hydrogen-bond donors (Lipinski definition) is 1. The van der Waals surface area contributed by atoms with Crippen molar-refractivity contribution in [3.05, 3.63) is 35.9 Å². The second-order valence-corrected chi connectivity index (χ2v) is 5.24. The van der Waals surface area contributed by atoms with Crippen molar-refractivity contribution >= 4 is 0 Å². The van der Waals surface area contributed by atoms with Gasteiger partial charge in [0.25, 0.3) is 0 Å². The molecule has 0 spiro atoms. The summed E-state index contributed by atoms with van der Waals surface area (Å²) in [6.07, 6.45) is 5.28. The summed E-state index contributed by atoms with van der Waals surface area (Å²) in [6.45, 7) is 4.43. The lowest BCUT2D eigenvalue weighted by atomic mass is 10.1. The molecular weight excluding hydrogens is 220 g/mol. The third kappa shape index (κ3) is 6.18. The molecule has 0 heterocycles. The van der Waals surface area contributed by atoms with Gasteiger partial charge in [-0.1, -0.05) is 56.5 Å². The first-order chi connectivity index (χ1) is 8.74. The summed E-state index contributed by atoms with van der Waals surface area (Å²) in [6, 6.07) is 11.2. The molecule has 1 aromatic carbocycles. The van der Waals surface area contributed by atoms with Crippen LogP contribution < -0.4 is 5.32 Å². The van der Waals surface area contributed by atoms with Crippen LogP contribution in [0.3, 0.4) is 0 Å². The van der Waals surface area contributed by atoms with Crippen molar-refractivity contribution in [1.82, 2.24) is 10.2 Å². The molecule has 0 saturated carbocycles. The van der Waals surface area contributed by atoms with Gasteiger partial charge in [-0.15, -0.1) is 0 Å². The maximum absolute atomic E-state index is 3.68. The lowest BCUT2D eigenvalue weighted by molar-refractivity contribution is 0.340. The fourth-order valence-corrected chi connectivity index (χ4v) is 2.17. The van der Waals surface area contributed by atoms with Crippen molar-refractivity contribution in [2.24, 2.45) is 0 Å². The molecular formula is C16H28N2. The van der Waals surface area contributed by atoms with E-state index in [1.807, 2.05) is 0 Å². The van der Waals surface area contributed by atoms with Crippen molar-refractivity contribution in [2.45, 2.75) is 38.6 Å². The molecule has 0 fully saturated rings. The molecule has 102 valence electrons. The maximum Gasteiger partial charge on any atom is 0.0449 e. The molecule has 0 amide bonds. The Morgan fingerprint density at radius 3 is 2.39 bits per heavy atom. The minimum atomic E-state index is 0.447. The lowest BCUT2D eigenvalue weighted by Gasteiger charge is -2.23. The van der Waals surface area contributed by atoms with E-state index in [4.69, 9.17) is 0 Å². The molecule has 0 aromatic heterocycles. The Morgan fingerprint density at radius 1 is 1.06 bits per heavy atom. The normalized spacial score (nSPS) is 12.9. The Morgan fingerprint density at radius 2 is 1.78 bits per heavy atom. The standard InChI is InChI=1S/C16H28N2/c1-4-5-6-10-13-17-16(14-18(2)3)15-11-8-7-9-12-15/h7-9,11-12,16-17H,4-6,10,13-14H2,1-3H3. The minimum absolute atomic E-state index is 0.447. The summed E-state index contributed by atoms with van der Waals surface area (Å²) in [5, 5.41) is 3.68. The summed E-state index contributed by atoms with van der Waals surface area (Å²) in [5.74, 6) is 0. The van der Waals surface area contributed by atoms with E-state index >= 15 is 0 Å². The summed E-state index contributed by atoms with van der Waals surface area (Å²) >= 11 is 0. The predicted octanol–water partition coefficient (Wildman–Crippen LogP) is 3.46. The molecule has 1 N–H and O–H groups in total. The summed E-state index contributed by atoms with van der Waals surface area (Å²) in [7, 11) is 4.27. The highest BCUT2D eigenvalue weighted by Crippen LogP contribution is 2.13. The Bertz CT molecular complexity index is 295. The quantitative estimate of drug-likeness (QED) is 0.673. The molecule has 0 aliphatic heterocycles. The second-order valence-electron chi connectivity index (χ2n) is 5.24. The van der Waals surface area contributed by atoms with Crippen molar-refractivity contribution in [3.63, 3.8) is 0 Å². The van der Waals surface area contributed by atoms with Gasteiger partial charge in [-0.3, -0.25) is 0 Å². The van der Waals surface area contributed by atoms with Crippen molar-refractivity contribution in [1.29, 1.82) is 0 Å². The number of benzene rings is 1. The zero-order valence-electron chi connectivity index (χ0n) is 12.2. The van der Waals surface area contributed by atoms with E-state index in [2.05, 4.69) is 61.6 Å². The van der Waals surface area contributed by atoms with Gasteiger partial charge in [-0.2, -0.15) is 0 Å². The molecule has 0 aliphatic carbocycles. The topological polar surface area (TPSA) is 15.3 Å². The molecule has 18 heavy (non-hydrogen) atoms. The number of nitrogens with zero attached hydrogens (tertiary/aromatic N) is 1. The van der Waals surface area contributed by atoms with E-state index in [0.717, 1.165) is 13.1 Å². The van der Waals surface area contributed by atoms with Crippen molar-refractivity contribution in [2.75, 3.05) is 27.2 Å². The van der Waals surface area contributed by atoms with Crippen LogP contribution in [-0.4, -0.2) is 32.1 Å². The number of rotatable bonds is 9. The van der Waals surface area contributed by atoms with Gasteiger partial charge in [0, 0.05) is 12.6 Å². The minimum Gasteiger partial charge on any atom is -0.309 e. The Balaban J connectivity index is 2.41. The largest absolute Gasteiger partial charge is 0.309 e. The van der Waals surface area contributed by atoms with Gasteiger partial charge in [-0.05, 0) is 32.6 Å². The van der Waals surface area contributed by atoms with Gasteiger partial charge in [0.15, 0.2) is 0 Å². The van der Waals surface area contributed by atoms with E-state index in [1.54, 1.807) is 0 Å². The average molecular weight is 248 g/mol. The summed E-state index contributed by atoms with van der Waals surface area (Å²) < 4.78 is 0. The molecule has 2 heteroatoms. The van der Waals surface area contributed by atoms with Crippen LogP contribution in [0, 0.1) is 0 Å². The number of nitrogens with one attached hydrogen (secondary N) is 1. The van der Waals surface area contributed by atoms with Gasteiger partial charge in [0.2, 0.25) is 0 Å². The second kappa shape index (κ2) is 9.12. The van der Waals surface area contributed by atoms with E-state index in [-0.39, 0.29) is 0 Å². The summed E-state index contributed by atoms with van der Waals surface area (Å²) in [4.78, 5) is 2.25. The zero-order valence-corrected chi connectivity index (χ0v) is 12.2. The maximum atomic E-state index is 3.68. The van der Waals surface area contributed by atoms with Crippen LogP contribution in [-0.2, 0) is 0 Å². The molecule has 0 saturated heterocycles. The zero-order chi connectivity index (χ0) is 13.2. The molecule has 1 atom stereocenters. The van der Waals surface area contributed by atoms with Crippen LogP contribution in [0.5, 0.6) is 0 Å². The number of likely N-dealkylation sites (N-methyl/N-ethyl adjacent to an activating group) is 1. The van der Waals surface area contributed by atoms with Gasteiger partial charge < -0.3 is 10.2 Å². The van der Waals surface area contributed by atoms with Crippen LogP contribution in [0.25, 0.3) is 0 Å². The smallest absolute Gasteiger partial charge is 0.0449 e. The van der Waals surface area contributed by atoms with E-state index in [1.165, 1.54) is 31.2 Å². The fourth-order valence-electron chi connectivity index (χ4n) is 2.17. The first-order valence-electron chi connectivity index (χ1n) is 7.17. The van der Waals surface area contributed by atoms with Gasteiger partial charge in [0.05, 0.1) is 0 Å². The third-order valence-corrected chi connectivity index (χ3v) is 3.17. The highest BCUT2D eigenvalue weighted by molar-refractivity contribution is 5.19.